The number of rotatable bonds is 4. The van der Waals surface area contributed by atoms with Gasteiger partial charge in [-0.25, -0.2) is 0 Å². The number of benzene rings is 1. The Morgan fingerprint density at radius 2 is 2.00 bits per heavy atom. The Hall–Kier alpha value is -1.85. The summed E-state index contributed by atoms with van der Waals surface area (Å²) < 4.78 is 0. The molecule has 0 spiro atoms. The van der Waals surface area contributed by atoms with Gasteiger partial charge in [0, 0.05) is 17.4 Å². The molecule has 2 aromatic rings. The van der Waals surface area contributed by atoms with Crippen molar-refractivity contribution in [2.24, 2.45) is 0 Å². The van der Waals surface area contributed by atoms with Gasteiger partial charge >= 0.3 is 0 Å². The minimum absolute atomic E-state index is 0.107. The lowest BCUT2D eigenvalue weighted by Crippen LogP contribution is -2.07. The van der Waals surface area contributed by atoms with E-state index in [1.54, 1.807) is 32.0 Å². The maximum atomic E-state index is 11.1. The van der Waals surface area contributed by atoms with Gasteiger partial charge in [-0.1, -0.05) is 23.2 Å². The predicted molar refractivity (Wildman–Crippen MR) is 84.2 cm³/mol. The molecule has 0 aliphatic heterocycles. The van der Waals surface area contributed by atoms with Crippen molar-refractivity contribution in [2.45, 2.75) is 20.4 Å². The van der Waals surface area contributed by atoms with Gasteiger partial charge in [-0.05, 0) is 32.0 Å². The van der Waals surface area contributed by atoms with Crippen LogP contribution in [-0.4, -0.2) is 9.91 Å². The molecule has 0 amide bonds. The summed E-state index contributed by atoms with van der Waals surface area (Å²) in [6, 6.07) is 5.16. The summed E-state index contributed by atoms with van der Waals surface area (Å²) in [6.45, 7) is 3.74. The molecular formula is C14H13Cl2N3O2. The third-order valence-corrected chi connectivity index (χ3v) is 3.88. The number of pyridine rings is 1. The lowest BCUT2D eigenvalue weighted by atomic mass is 10.1. The molecule has 110 valence electrons. The van der Waals surface area contributed by atoms with Crippen molar-refractivity contribution < 1.29 is 4.92 Å². The van der Waals surface area contributed by atoms with Gasteiger partial charge in [0.2, 0.25) is 0 Å². The molecule has 1 aromatic carbocycles. The molecule has 0 fully saturated rings. The molecule has 0 aliphatic carbocycles. The molecule has 5 nitrogen and oxygen atoms in total. The van der Waals surface area contributed by atoms with E-state index in [4.69, 9.17) is 23.2 Å². The van der Waals surface area contributed by atoms with Crippen molar-refractivity contribution in [1.82, 2.24) is 4.98 Å². The van der Waals surface area contributed by atoms with E-state index in [1.807, 2.05) is 0 Å². The first-order chi connectivity index (χ1) is 9.90. The van der Waals surface area contributed by atoms with Gasteiger partial charge in [-0.3, -0.25) is 15.1 Å². The number of halogens is 2. The van der Waals surface area contributed by atoms with Gasteiger partial charge < -0.3 is 5.32 Å². The number of nitro groups is 1. The lowest BCUT2D eigenvalue weighted by Gasteiger charge is -2.10. The minimum atomic E-state index is -0.380. The molecule has 1 aromatic heterocycles. The van der Waals surface area contributed by atoms with E-state index >= 15 is 0 Å². The second-order valence-electron chi connectivity index (χ2n) is 4.60. The summed E-state index contributed by atoms with van der Waals surface area (Å²) in [5, 5.41) is 15.1. The van der Waals surface area contributed by atoms with Gasteiger partial charge in [-0.15, -0.1) is 0 Å². The third kappa shape index (κ3) is 3.43. The topological polar surface area (TPSA) is 68.1 Å². The number of nitrogens with one attached hydrogen (secondary N) is 1. The fraction of sp³-hybridized carbons (Fsp3) is 0.214. The molecular weight excluding hydrogens is 313 g/mol. The molecule has 0 saturated heterocycles. The van der Waals surface area contributed by atoms with Crippen LogP contribution in [0.5, 0.6) is 0 Å². The van der Waals surface area contributed by atoms with Crippen LogP contribution in [0.2, 0.25) is 10.0 Å². The number of nitrogens with zero attached hydrogens (tertiary/aromatic N) is 2. The monoisotopic (exact) mass is 325 g/mol. The average Bonchev–Trinajstić information content (AvgIpc) is 2.41. The zero-order chi connectivity index (χ0) is 15.6. The highest BCUT2D eigenvalue weighted by Crippen LogP contribution is 2.27. The number of hydrogen-bond acceptors (Lipinski definition) is 4. The van der Waals surface area contributed by atoms with E-state index in [2.05, 4.69) is 10.3 Å². The molecule has 0 atom stereocenters. The van der Waals surface area contributed by atoms with E-state index < -0.39 is 0 Å². The molecule has 0 unspecified atom stereocenters. The van der Waals surface area contributed by atoms with Crippen molar-refractivity contribution in [3.8, 4) is 0 Å². The number of anilines is 1. The van der Waals surface area contributed by atoms with Gasteiger partial charge in [0.25, 0.3) is 5.69 Å². The van der Waals surface area contributed by atoms with Crippen LogP contribution in [0.3, 0.4) is 0 Å². The van der Waals surface area contributed by atoms with Crippen molar-refractivity contribution in [2.75, 3.05) is 5.32 Å². The highest BCUT2D eigenvalue weighted by atomic mass is 35.5. The SMILES string of the molecule is Cc1cnc(CNc2ccc(Cl)c(Cl)c2)c(C)c1[N+](=O)[O-]. The molecule has 0 aliphatic rings. The minimum Gasteiger partial charge on any atom is -0.379 e. The zero-order valence-electron chi connectivity index (χ0n) is 11.5. The molecule has 0 saturated carbocycles. The normalized spacial score (nSPS) is 10.5. The third-order valence-electron chi connectivity index (χ3n) is 3.14. The largest absolute Gasteiger partial charge is 0.379 e. The first-order valence-electron chi connectivity index (χ1n) is 6.18. The lowest BCUT2D eigenvalue weighted by molar-refractivity contribution is -0.386. The van der Waals surface area contributed by atoms with E-state index in [-0.39, 0.29) is 10.6 Å². The van der Waals surface area contributed by atoms with Crippen LogP contribution in [0.25, 0.3) is 0 Å². The Kier molecular flexibility index (Phi) is 4.65. The summed E-state index contributed by atoms with van der Waals surface area (Å²) in [5.41, 5.74) is 2.62. The van der Waals surface area contributed by atoms with Crippen LogP contribution in [0.1, 0.15) is 16.8 Å². The first kappa shape index (κ1) is 15.5. The first-order valence-corrected chi connectivity index (χ1v) is 6.94. The maximum Gasteiger partial charge on any atom is 0.278 e. The average molecular weight is 326 g/mol. The molecule has 0 bridgehead atoms. The van der Waals surface area contributed by atoms with Crippen molar-refractivity contribution in [1.29, 1.82) is 0 Å². The van der Waals surface area contributed by atoms with Crippen LogP contribution in [0.15, 0.2) is 24.4 Å². The van der Waals surface area contributed by atoms with Gasteiger partial charge in [0.1, 0.15) is 0 Å². The van der Waals surface area contributed by atoms with Crippen LogP contribution in [-0.2, 0) is 6.54 Å². The summed E-state index contributed by atoms with van der Waals surface area (Å²) in [4.78, 5) is 14.9. The molecule has 1 heterocycles. The quantitative estimate of drug-likeness (QED) is 0.662. The fourth-order valence-corrected chi connectivity index (χ4v) is 2.31. The van der Waals surface area contributed by atoms with Gasteiger partial charge in [0.05, 0.1) is 32.8 Å². The van der Waals surface area contributed by atoms with Crippen LogP contribution >= 0.6 is 23.2 Å². The Morgan fingerprint density at radius 3 is 2.62 bits per heavy atom. The van der Waals surface area contributed by atoms with Crippen molar-refractivity contribution >= 4 is 34.6 Å². The standard InChI is InChI=1S/C14H13Cl2N3O2/c1-8-6-18-13(9(2)14(8)19(20)21)7-17-10-3-4-11(15)12(16)5-10/h3-6,17H,7H2,1-2H3. The Labute approximate surface area is 132 Å². The molecule has 2 rings (SSSR count). The number of aromatic nitrogens is 1. The van der Waals surface area contributed by atoms with E-state index in [1.165, 1.54) is 6.20 Å². The zero-order valence-corrected chi connectivity index (χ0v) is 13.0. The summed E-state index contributed by atoms with van der Waals surface area (Å²) >= 11 is 11.8. The molecule has 7 heteroatoms. The second kappa shape index (κ2) is 6.28. The van der Waals surface area contributed by atoms with Crippen molar-refractivity contribution in [3.63, 3.8) is 0 Å². The predicted octanol–water partition coefficient (Wildman–Crippen LogP) is 4.53. The smallest absolute Gasteiger partial charge is 0.278 e. The van der Waals surface area contributed by atoms with Crippen LogP contribution in [0.4, 0.5) is 11.4 Å². The van der Waals surface area contributed by atoms with E-state index in [9.17, 15) is 10.1 Å². The molecule has 21 heavy (non-hydrogen) atoms. The van der Waals surface area contributed by atoms with Crippen LogP contribution < -0.4 is 5.32 Å². The van der Waals surface area contributed by atoms with Crippen molar-refractivity contribution in [3.05, 3.63) is 61.4 Å². The number of aryl methyl sites for hydroxylation is 1. The summed E-state index contributed by atoms with van der Waals surface area (Å²) in [7, 11) is 0. The summed E-state index contributed by atoms with van der Waals surface area (Å²) in [5.74, 6) is 0. The molecule has 0 radical (unpaired) electrons. The maximum absolute atomic E-state index is 11.1. The van der Waals surface area contributed by atoms with Gasteiger partial charge in [-0.2, -0.15) is 0 Å². The fourth-order valence-electron chi connectivity index (χ4n) is 2.02. The summed E-state index contributed by atoms with van der Waals surface area (Å²) in [6.07, 6.45) is 1.51. The van der Waals surface area contributed by atoms with Gasteiger partial charge in [0.15, 0.2) is 0 Å². The highest BCUT2D eigenvalue weighted by molar-refractivity contribution is 6.42. The van der Waals surface area contributed by atoms with Crippen LogP contribution in [0, 0.1) is 24.0 Å². The Balaban J connectivity index is 2.22. The van der Waals surface area contributed by atoms with E-state index in [0.29, 0.717) is 33.4 Å². The Morgan fingerprint density at radius 1 is 1.29 bits per heavy atom. The Bertz CT molecular complexity index is 705. The second-order valence-corrected chi connectivity index (χ2v) is 5.42. The van der Waals surface area contributed by atoms with E-state index in [0.717, 1.165) is 5.69 Å². The number of hydrogen-bond donors (Lipinski definition) is 1. The highest BCUT2D eigenvalue weighted by Gasteiger charge is 2.18. The molecule has 1 N–H and O–H groups in total.